The number of anilines is 1. The van der Waals surface area contributed by atoms with Crippen molar-refractivity contribution in [3.63, 3.8) is 0 Å². The smallest absolute Gasteiger partial charge is 0.260 e. The first-order valence-corrected chi connectivity index (χ1v) is 8.49. The first-order chi connectivity index (χ1) is 9.03. The van der Waals surface area contributed by atoms with Gasteiger partial charge in [-0.25, -0.2) is 18.1 Å². The lowest BCUT2D eigenvalue weighted by Gasteiger charge is -2.09. The molecule has 0 fully saturated rings. The van der Waals surface area contributed by atoms with Crippen molar-refractivity contribution in [2.75, 3.05) is 12.4 Å². The average molecular weight is 362 g/mol. The molecule has 0 saturated heterocycles. The van der Waals surface area contributed by atoms with Crippen molar-refractivity contribution in [1.82, 2.24) is 9.71 Å². The summed E-state index contributed by atoms with van der Waals surface area (Å²) in [4.78, 5) is 4.85. The van der Waals surface area contributed by atoms with Crippen LogP contribution in [-0.2, 0) is 16.6 Å². The zero-order valence-electron chi connectivity index (χ0n) is 10.1. The highest BCUT2D eigenvalue weighted by molar-refractivity contribution is 9.11. The van der Waals surface area contributed by atoms with Gasteiger partial charge in [-0.15, -0.1) is 11.3 Å². The van der Waals surface area contributed by atoms with Crippen LogP contribution in [0.5, 0.6) is 0 Å². The predicted octanol–water partition coefficient (Wildman–Crippen LogP) is 2.43. The minimum Gasteiger partial charge on any atom is -0.386 e. The molecule has 19 heavy (non-hydrogen) atoms. The Kier molecular flexibility index (Phi) is 4.56. The molecular weight excluding hydrogens is 350 g/mol. The summed E-state index contributed by atoms with van der Waals surface area (Å²) >= 11 is 4.83. The third-order valence-electron chi connectivity index (χ3n) is 2.36. The van der Waals surface area contributed by atoms with Crippen molar-refractivity contribution >= 4 is 43.0 Å². The molecule has 2 heterocycles. The Hall–Kier alpha value is -0.960. The van der Waals surface area contributed by atoms with Crippen molar-refractivity contribution < 1.29 is 8.42 Å². The molecule has 0 saturated carbocycles. The lowest BCUT2D eigenvalue weighted by Crippen LogP contribution is -2.24. The van der Waals surface area contributed by atoms with Crippen LogP contribution in [0.1, 0.15) is 4.88 Å². The van der Waals surface area contributed by atoms with Gasteiger partial charge < -0.3 is 5.32 Å². The van der Waals surface area contributed by atoms with Gasteiger partial charge in [0, 0.05) is 24.7 Å². The van der Waals surface area contributed by atoms with Crippen LogP contribution in [0.25, 0.3) is 0 Å². The van der Waals surface area contributed by atoms with Gasteiger partial charge in [0.2, 0.25) is 0 Å². The summed E-state index contributed by atoms with van der Waals surface area (Å²) in [6, 6.07) is 7.10. The summed E-state index contributed by atoms with van der Waals surface area (Å²) in [5.41, 5.74) is 0.474. The van der Waals surface area contributed by atoms with E-state index in [2.05, 4.69) is 31.0 Å². The molecule has 8 heteroatoms. The summed E-state index contributed by atoms with van der Waals surface area (Å²) in [7, 11) is -1.97. The lowest BCUT2D eigenvalue weighted by molar-refractivity contribution is 0.578. The Morgan fingerprint density at radius 3 is 2.79 bits per heavy atom. The molecule has 0 bridgehead atoms. The van der Waals surface area contributed by atoms with Crippen LogP contribution in [0.3, 0.4) is 0 Å². The first kappa shape index (κ1) is 14.4. The Morgan fingerprint density at radius 1 is 1.37 bits per heavy atom. The van der Waals surface area contributed by atoms with Crippen molar-refractivity contribution in [2.24, 2.45) is 0 Å². The Morgan fingerprint density at radius 2 is 2.16 bits per heavy atom. The summed E-state index contributed by atoms with van der Waals surface area (Å²) in [6.45, 7) is 0.248. The summed E-state index contributed by atoms with van der Waals surface area (Å²) in [6.07, 6.45) is 1.46. The zero-order valence-corrected chi connectivity index (χ0v) is 13.3. The van der Waals surface area contributed by atoms with E-state index in [1.165, 1.54) is 17.5 Å². The van der Waals surface area contributed by atoms with Crippen LogP contribution in [-0.4, -0.2) is 20.4 Å². The van der Waals surface area contributed by atoms with Gasteiger partial charge in [-0.3, -0.25) is 0 Å². The van der Waals surface area contributed by atoms with Crippen molar-refractivity contribution in [3.05, 3.63) is 39.1 Å². The van der Waals surface area contributed by atoms with E-state index in [0.29, 0.717) is 5.69 Å². The number of hydrogen-bond acceptors (Lipinski definition) is 5. The second-order valence-electron chi connectivity index (χ2n) is 3.64. The molecule has 2 aromatic rings. The van der Waals surface area contributed by atoms with E-state index in [4.69, 9.17) is 0 Å². The summed E-state index contributed by atoms with van der Waals surface area (Å²) in [5, 5.41) is 2.82. The van der Waals surface area contributed by atoms with E-state index >= 15 is 0 Å². The normalized spacial score (nSPS) is 11.5. The number of nitrogens with one attached hydrogen (secondary N) is 2. The molecule has 0 aromatic carbocycles. The van der Waals surface area contributed by atoms with Gasteiger partial charge in [-0.2, -0.15) is 0 Å². The molecule has 0 amide bonds. The fraction of sp³-hybridized carbons (Fsp3) is 0.182. The number of sulfonamides is 1. The van der Waals surface area contributed by atoms with Crippen LogP contribution in [0, 0.1) is 0 Å². The van der Waals surface area contributed by atoms with Crippen LogP contribution < -0.4 is 10.0 Å². The Labute approximate surface area is 124 Å². The standard InChI is InChI=1S/C11H12BrN3O2S2/c1-13-9-3-2-6-14-11(9)19(16,17)15-7-8-4-5-10(12)18-8/h2-6,13,15H,7H2,1H3. The number of hydrogen-bond donors (Lipinski definition) is 2. The summed E-state index contributed by atoms with van der Waals surface area (Å²) < 4.78 is 27.8. The monoisotopic (exact) mass is 361 g/mol. The zero-order chi connectivity index (χ0) is 13.9. The number of thiophene rings is 1. The van der Waals surface area contributed by atoms with Crippen LogP contribution in [0.15, 0.2) is 39.3 Å². The van der Waals surface area contributed by atoms with Crippen LogP contribution >= 0.6 is 27.3 Å². The highest BCUT2D eigenvalue weighted by atomic mass is 79.9. The maximum absolute atomic E-state index is 12.2. The molecule has 0 aliphatic heterocycles. The van der Waals surface area contributed by atoms with Gasteiger partial charge in [0.05, 0.1) is 9.47 Å². The number of rotatable bonds is 5. The van der Waals surface area contributed by atoms with Crippen molar-refractivity contribution in [1.29, 1.82) is 0 Å². The number of nitrogens with zero attached hydrogens (tertiary/aromatic N) is 1. The van der Waals surface area contributed by atoms with Crippen molar-refractivity contribution in [3.8, 4) is 0 Å². The van der Waals surface area contributed by atoms with Gasteiger partial charge in [-0.1, -0.05) is 0 Å². The van der Waals surface area contributed by atoms with Gasteiger partial charge in [0.15, 0.2) is 5.03 Å². The molecule has 0 spiro atoms. The molecule has 0 aliphatic carbocycles. The lowest BCUT2D eigenvalue weighted by atomic mass is 10.4. The van der Waals surface area contributed by atoms with E-state index in [-0.39, 0.29) is 11.6 Å². The van der Waals surface area contributed by atoms with E-state index in [0.717, 1.165) is 8.66 Å². The Bertz CT molecular complexity index is 670. The predicted molar refractivity (Wildman–Crippen MR) is 79.8 cm³/mol. The minimum atomic E-state index is -3.62. The molecule has 2 rings (SSSR count). The SMILES string of the molecule is CNc1cccnc1S(=O)(=O)NCc1ccc(Br)s1. The fourth-order valence-corrected chi connectivity index (χ4v) is 4.13. The molecule has 5 nitrogen and oxygen atoms in total. The molecule has 102 valence electrons. The molecule has 0 radical (unpaired) electrons. The highest BCUT2D eigenvalue weighted by Crippen LogP contribution is 2.23. The van der Waals surface area contributed by atoms with Crippen LogP contribution in [0.4, 0.5) is 5.69 Å². The molecule has 2 N–H and O–H groups in total. The van der Waals surface area contributed by atoms with Crippen molar-refractivity contribution in [2.45, 2.75) is 11.6 Å². The maximum Gasteiger partial charge on any atom is 0.260 e. The third-order valence-corrected chi connectivity index (χ3v) is 5.34. The molecule has 0 aliphatic rings. The van der Waals surface area contributed by atoms with Gasteiger partial charge in [0.1, 0.15) is 0 Å². The molecule has 0 unspecified atom stereocenters. The van der Waals surface area contributed by atoms with E-state index < -0.39 is 10.0 Å². The number of pyridine rings is 1. The van der Waals surface area contributed by atoms with Crippen LogP contribution in [0.2, 0.25) is 0 Å². The summed E-state index contributed by atoms with van der Waals surface area (Å²) in [5.74, 6) is 0. The molecule has 2 aromatic heterocycles. The largest absolute Gasteiger partial charge is 0.386 e. The quantitative estimate of drug-likeness (QED) is 0.857. The minimum absolute atomic E-state index is 0.00752. The Balaban J connectivity index is 2.18. The van der Waals surface area contributed by atoms with Gasteiger partial charge in [0.25, 0.3) is 10.0 Å². The molecular formula is C11H12BrN3O2S2. The average Bonchev–Trinajstić information content (AvgIpc) is 2.82. The second kappa shape index (κ2) is 6.00. The van der Waals surface area contributed by atoms with E-state index in [9.17, 15) is 8.42 Å². The second-order valence-corrected chi connectivity index (χ2v) is 7.87. The van der Waals surface area contributed by atoms with Gasteiger partial charge in [-0.05, 0) is 40.2 Å². The molecule has 0 atom stereocenters. The third kappa shape index (κ3) is 3.53. The first-order valence-electron chi connectivity index (χ1n) is 5.39. The number of aromatic nitrogens is 1. The highest BCUT2D eigenvalue weighted by Gasteiger charge is 2.19. The topological polar surface area (TPSA) is 71.1 Å². The fourth-order valence-electron chi connectivity index (χ4n) is 1.48. The number of halogens is 1. The van der Waals surface area contributed by atoms with Gasteiger partial charge >= 0.3 is 0 Å². The maximum atomic E-state index is 12.2. The van der Waals surface area contributed by atoms with E-state index in [1.54, 1.807) is 19.2 Å². The van der Waals surface area contributed by atoms with E-state index in [1.807, 2.05) is 12.1 Å².